The van der Waals surface area contributed by atoms with Crippen LogP contribution in [0.5, 0.6) is 0 Å². The second-order valence-electron chi connectivity index (χ2n) is 3.45. The molecule has 0 aliphatic heterocycles. The highest BCUT2D eigenvalue weighted by Gasteiger charge is 2.05. The second kappa shape index (κ2) is 5.50. The lowest BCUT2D eigenvalue weighted by Crippen LogP contribution is -2.17. The van der Waals surface area contributed by atoms with Gasteiger partial charge in [0.2, 0.25) is 0 Å². The molecule has 15 heavy (non-hydrogen) atoms. The Labute approximate surface area is 89.1 Å². The Bertz CT molecular complexity index is 333. The van der Waals surface area contributed by atoms with E-state index in [2.05, 4.69) is 17.3 Å². The van der Waals surface area contributed by atoms with Crippen LogP contribution in [0.2, 0.25) is 0 Å². The number of carboxylic acid groups (broad SMARTS) is 1. The summed E-state index contributed by atoms with van der Waals surface area (Å²) in [5, 5.41) is 15.8. The van der Waals surface area contributed by atoms with E-state index in [4.69, 9.17) is 5.11 Å². The number of aromatic nitrogens is 2. The molecule has 0 saturated carbocycles. The fraction of sp³-hybridized carbons (Fsp3) is 0.600. The van der Waals surface area contributed by atoms with E-state index in [1.165, 1.54) is 0 Å². The van der Waals surface area contributed by atoms with E-state index in [0.29, 0.717) is 13.1 Å². The third-order valence-corrected chi connectivity index (χ3v) is 2.16. The molecule has 5 nitrogen and oxygen atoms in total. The molecule has 1 aromatic rings. The predicted molar refractivity (Wildman–Crippen MR) is 56.5 cm³/mol. The van der Waals surface area contributed by atoms with E-state index in [1.807, 2.05) is 13.2 Å². The zero-order valence-corrected chi connectivity index (χ0v) is 9.16. The Morgan fingerprint density at radius 3 is 3.00 bits per heavy atom. The Morgan fingerprint density at radius 2 is 2.40 bits per heavy atom. The first-order valence-electron chi connectivity index (χ1n) is 5.07. The van der Waals surface area contributed by atoms with Crippen molar-refractivity contribution in [2.75, 3.05) is 6.54 Å². The summed E-state index contributed by atoms with van der Waals surface area (Å²) < 4.78 is 1.78. The molecular formula is C10H17N3O2. The van der Waals surface area contributed by atoms with Gasteiger partial charge < -0.3 is 10.4 Å². The fourth-order valence-electron chi connectivity index (χ4n) is 1.45. The molecule has 0 aromatic carbocycles. The Hall–Kier alpha value is -1.36. The van der Waals surface area contributed by atoms with E-state index < -0.39 is 5.97 Å². The van der Waals surface area contributed by atoms with E-state index in [9.17, 15) is 4.79 Å². The Morgan fingerprint density at radius 1 is 1.67 bits per heavy atom. The van der Waals surface area contributed by atoms with Crippen LogP contribution in [0, 0.1) is 0 Å². The Kier molecular flexibility index (Phi) is 4.30. The lowest BCUT2D eigenvalue weighted by molar-refractivity contribution is -0.136. The molecule has 0 bridgehead atoms. The maximum Gasteiger partial charge on any atom is 0.304 e. The van der Waals surface area contributed by atoms with Crippen LogP contribution >= 0.6 is 0 Å². The summed E-state index contributed by atoms with van der Waals surface area (Å²) in [7, 11) is 1.89. The molecule has 0 aliphatic rings. The van der Waals surface area contributed by atoms with Crippen LogP contribution in [0.15, 0.2) is 6.20 Å². The third-order valence-electron chi connectivity index (χ3n) is 2.16. The molecule has 84 valence electrons. The first-order chi connectivity index (χ1) is 7.13. The summed E-state index contributed by atoms with van der Waals surface area (Å²) >= 11 is 0. The molecule has 1 aromatic heterocycles. The summed E-state index contributed by atoms with van der Waals surface area (Å²) in [4.78, 5) is 10.3. The zero-order chi connectivity index (χ0) is 11.3. The van der Waals surface area contributed by atoms with Crippen molar-refractivity contribution in [3.63, 3.8) is 0 Å². The molecule has 1 rings (SSSR count). The van der Waals surface area contributed by atoms with E-state index in [-0.39, 0.29) is 6.42 Å². The SMILES string of the molecule is CCc1nn(C)cc1CNCCC(=O)O. The number of carboxylic acids is 1. The Balaban J connectivity index is 2.39. The van der Waals surface area contributed by atoms with Gasteiger partial charge in [-0.25, -0.2) is 0 Å². The number of carbonyl (C=O) groups is 1. The quantitative estimate of drug-likeness (QED) is 0.674. The number of nitrogens with zero attached hydrogens (tertiary/aromatic N) is 2. The van der Waals surface area contributed by atoms with Gasteiger partial charge in [-0.05, 0) is 6.42 Å². The van der Waals surface area contributed by atoms with Crippen LogP contribution in [-0.2, 0) is 24.8 Å². The lowest BCUT2D eigenvalue weighted by atomic mass is 10.2. The average molecular weight is 211 g/mol. The van der Waals surface area contributed by atoms with Gasteiger partial charge in [-0.2, -0.15) is 5.10 Å². The van der Waals surface area contributed by atoms with Crippen molar-refractivity contribution in [1.29, 1.82) is 0 Å². The maximum absolute atomic E-state index is 10.3. The summed E-state index contributed by atoms with van der Waals surface area (Å²) in [5.41, 5.74) is 2.21. The van der Waals surface area contributed by atoms with Crippen molar-refractivity contribution < 1.29 is 9.90 Å². The first-order valence-corrected chi connectivity index (χ1v) is 5.07. The largest absolute Gasteiger partial charge is 0.481 e. The molecule has 0 unspecified atom stereocenters. The zero-order valence-electron chi connectivity index (χ0n) is 9.16. The van der Waals surface area contributed by atoms with Crippen molar-refractivity contribution in [2.24, 2.45) is 7.05 Å². The highest BCUT2D eigenvalue weighted by Crippen LogP contribution is 2.06. The molecule has 0 radical (unpaired) electrons. The number of hydrogen-bond donors (Lipinski definition) is 2. The summed E-state index contributed by atoms with van der Waals surface area (Å²) in [6, 6.07) is 0. The van der Waals surface area contributed by atoms with Crippen molar-refractivity contribution in [3.8, 4) is 0 Å². The standard InChI is InChI=1S/C10H17N3O2/c1-3-9-8(7-13(2)12-9)6-11-5-4-10(14)15/h7,11H,3-6H2,1-2H3,(H,14,15). The first kappa shape index (κ1) is 11.7. The average Bonchev–Trinajstić information content (AvgIpc) is 2.53. The topological polar surface area (TPSA) is 67.2 Å². The summed E-state index contributed by atoms with van der Waals surface area (Å²) in [6.45, 7) is 3.24. The normalized spacial score (nSPS) is 10.5. The molecule has 0 atom stereocenters. The van der Waals surface area contributed by atoms with E-state index in [0.717, 1.165) is 17.7 Å². The molecule has 0 aliphatic carbocycles. The minimum absolute atomic E-state index is 0.154. The van der Waals surface area contributed by atoms with E-state index >= 15 is 0 Å². The molecule has 2 N–H and O–H groups in total. The van der Waals surface area contributed by atoms with Crippen LogP contribution in [0.4, 0.5) is 0 Å². The minimum Gasteiger partial charge on any atom is -0.481 e. The van der Waals surface area contributed by atoms with Crippen molar-refractivity contribution >= 4 is 5.97 Å². The molecule has 0 saturated heterocycles. The van der Waals surface area contributed by atoms with Crippen LogP contribution in [-0.4, -0.2) is 27.4 Å². The number of rotatable bonds is 6. The van der Waals surface area contributed by atoms with Gasteiger partial charge in [0.25, 0.3) is 0 Å². The number of hydrogen-bond acceptors (Lipinski definition) is 3. The number of nitrogens with one attached hydrogen (secondary N) is 1. The van der Waals surface area contributed by atoms with Gasteiger partial charge in [0.05, 0.1) is 12.1 Å². The monoisotopic (exact) mass is 211 g/mol. The van der Waals surface area contributed by atoms with Crippen LogP contribution in [0.3, 0.4) is 0 Å². The van der Waals surface area contributed by atoms with Crippen molar-refractivity contribution in [1.82, 2.24) is 15.1 Å². The van der Waals surface area contributed by atoms with Crippen molar-refractivity contribution in [2.45, 2.75) is 26.3 Å². The fourth-order valence-corrected chi connectivity index (χ4v) is 1.45. The minimum atomic E-state index is -0.774. The smallest absolute Gasteiger partial charge is 0.304 e. The molecule has 0 amide bonds. The van der Waals surface area contributed by atoms with Gasteiger partial charge in [-0.3, -0.25) is 9.48 Å². The van der Waals surface area contributed by atoms with E-state index in [1.54, 1.807) is 4.68 Å². The maximum atomic E-state index is 10.3. The highest BCUT2D eigenvalue weighted by atomic mass is 16.4. The lowest BCUT2D eigenvalue weighted by Gasteiger charge is -2.01. The van der Waals surface area contributed by atoms with Gasteiger partial charge >= 0.3 is 5.97 Å². The van der Waals surface area contributed by atoms with Gasteiger partial charge in [-0.1, -0.05) is 6.92 Å². The number of aryl methyl sites for hydroxylation is 2. The van der Waals surface area contributed by atoms with Gasteiger partial charge in [0.15, 0.2) is 0 Å². The van der Waals surface area contributed by atoms with Gasteiger partial charge in [0, 0.05) is 31.9 Å². The highest BCUT2D eigenvalue weighted by molar-refractivity contribution is 5.66. The predicted octanol–water partition coefficient (Wildman–Crippen LogP) is 0.547. The number of aliphatic carboxylic acids is 1. The second-order valence-corrected chi connectivity index (χ2v) is 3.45. The molecule has 1 heterocycles. The summed E-state index contributed by atoms with van der Waals surface area (Å²) in [5.74, 6) is -0.774. The van der Waals surface area contributed by atoms with Crippen LogP contribution < -0.4 is 5.32 Å². The molecule has 0 spiro atoms. The third kappa shape index (κ3) is 3.71. The molecule has 0 fully saturated rings. The van der Waals surface area contributed by atoms with Crippen LogP contribution in [0.1, 0.15) is 24.6 Å². The molecule has 5 heteroatoms. The summed E-state index contributed by atoms with van der Waals surface area (Å²) in [6.07, 6.45) is 3.02. The molecular weight excluding hydrogens is 194 g/mol. The van der Waals surface area contributed by atoms with Gasteiger partial charge in [0.1, 0.15) is 0 Å². The van der Waals surface area contributed by atoms with Gasteiger partial charge in [-0.15, -0.1) is 0 Å². The van der Waals surface area contributed by atoms with Crippen LogP contribution in [0.25, 0.3) is 0 Å². The van der Waals surface area contributed by atoms with Crippen molar-refractivity contribution in [3.05, 3.63) is 17.5 Å².